The van der Waals surface area contributed by atoms with Gasteiger partial charge in [-0.05, 0) is 38.5 Å². The molecule has 31 heavy (non-hydrogen) atoms. The van der Waals surface area contributed by atoms with Gasteiger partial charge in [0.15, 0.2) is 11.1 Å². The predicted octanol–water partition coefficient (Wildman–Crippen LogP) is 2.01. The molecule has 166 valence electrons. The van der Waals surface area contributed by atoms with E-state index in [4.69, 9.17) is 10.5 Å². The van der Waals surface area contributed by atoms with E-state index < -0.39 is 28.3 Å². The van der Waals surface area contributed by atoms with Gasteiger partial charge in [-0.3, -0.25) is 14.8 Å². The molecule has 1 unspecified atom stereocenters. The first-order valence-electron chi connectivity index (χ1n) is 9.58. The summed E-state index contributed by atoms with van der Waals surface area (Å²) in [5.74, 6) is -1.45. The van der Waals surface area contributed by atoms with Gasteiger partial charge in [0.1, 0.15) is 22.9 Å². The highest BCUT2D eigenvalue weighted by atomic mass is 32.2. The Hall–Kier alpha value is -2.76. The van der Waals surface area contributed by atoms with Crippen LogP contribution < -0.4 is 11.1 Å². The molecule has 11 heteroatoms. The van der Waals surface area contributed by atoms with Gasteiger partial charge in [-0.15, -0.1) is 0 Å². The van der Waals surface area contributed by atoms with Crippen LogP contribution in [0, 0.1) is 18.7 Å². The molecule has 1 aliphatic heterocycles. The number of amides is 1. The van der Waals surface area contributed by atoms with Gasteiger partial charge in [0.05, 0.1) is 24.3 Å². The lowest BCUT2D eigenvalue weighted by Gasteiger charge is -2.27. The Kier molecular flexibility index (Phi) is 7.08. The van der Waals surface area contributed by atoms with Crippen LogP contribution in [0.4, 0.5) is 10.1 Å². The Bertz CT molecular complexity index is 1010. The van der Waals surface area contributed by atoms with Crippen molar-refractivity contribution < 1.29 is 22.7 Å². The summed E-state index contributed by atoms with van der Waals surface area (Å²) in [6, 6.07) is 3.92. The minimum absolute atomic E-state index is 0.0320. The molecule has 3 rings (SSSR count). The van der Waals surface area contributed by atoms with E-state index in [2.05, 4.69) is 20.3 Å². The lowest BCUT2D eigenvalue weighted by Crippen LogP contribution is -2.34. The van der Waals surface area contributed by atoms with E-state index in [0.717, 1.165) is 6.07 Å². The molecule has 1 aliphatic rings. The average Bonchev–Trinajstić information content (AvgIpc) is 3.24. The van der Waals surface area contributed by atoms with Gasteiger partial charge < -0.3 is 20.3 Å². The molecule has 3 atom stereocenters. The van der Waals surface area contributed by atoms with Gasteiger partial charge in [0.2, 0.25) is 0 Å². The smallest absolute Gasteiger partial charge is 0.275 e. The summed E-state index contributed by atoms with van der Waals surface area (Å²) in [7, 11) is 0. The van der Waals surface area contributed by atoms with Crippen LogP contribution in [-0.4, -0.2) is 49.4 Å². The number of hydrogen-bond acceptors (Lipinski definition) is 6. The fraction of sp³-hybridized carbons (Fsp3) is 0.400. The Morgan fingerprint density at radius 3 is 2.84 bits per heavy atom. The summed E-state index contributed by atoms with van der Waals surface area (Å²) < 4.78 is 41.3. The number of aromatic nitrogens is 2. The van der Waals surface area contributed by atoms with Gasteiger partial charge in [0, 0.05) is 30.0 Å². The quantitative estimate of drug-likeness (QED) is 0.334. The molecule has 4 N–H and O–H groups in total. The van der Waals surface area contributed by atoms with Crippen LogP contribution in [0.5, 0.6) is 0 Å². The third kappa shape index (κ3) is 5.69. The number of anilines is 1. The standard InChI is InChI=1S/C20H24FN5O4S/c1-12-8-24-17(9-23-12)19(27)25-14-3-4-16(21)15(7-14)20(2,11-31(28)29)26-18(22)13-5-6-30-10-13/h3-4,7-9,13H,5-6,10-11H2,1-2H3,(H2,22,26)(H,25,27)(H,28,29)/t13-,20+/m1/s1. The lowest BCUT2D eigenvalue weighted by molar-refractivity contribution is 0.102. The molecule has 9 nitrogen and oxygen atoms in total. The van der Waals surface area contributed by atoms with Crippen molar-refractivity contribution in [2.75, 3.05) is 24.3 Å². The van der Waals surface area contributed by atoms with Crippen molar-refractivity contribution in [3.63, 3.8) is 0 Å². The van der Waals surface area contributed by atoms with Crippen LogP contribution in [0.25, 0.3) is 0 Å². The summed E-state index contributed by atoms with van der Waals surface area (Å²) in [6.45, 7) is 4.21. The van der Waals surface area contributed by atoms with E-state index in [1.54, 1.807) is 6.92 Å². The molecule has 1 aromatic heterocycles. The number of nitrogens with one attached hydrogen (secondary N) is 1. The number of hydrogen-bond donors (Lipinski definition) is 3. The molecule has 1 amide bonds. The molecule has 1 saturated heterocycles. The third-order valence-electron chi connectivity index (χ3n) is 4.95. The Balaban J connectivity index is 1.93. The van der Waals surface area contributed by atoms with E-state index in [1.807, 2.05) is 0 Å². The largest absolute Gasteiger partial charge is 0.387 e. The summed E-state index contributed by atoms with van der Waals surface area (Å²) in [4.78, 5) is 24.9. The number of benzene rings is 1. The first-order valence-corrected chi connectivity index (χ1v) is 10.9. The topological polar surface area (TPSA) is 140 Å². The number of rotatable bonds is 7. The molecule has 0 spiro atoms. The fourth-order valence-electron chi connectivity index (χ4n) is 3.28. The van der Waals surface area contributed by atoms with Gasteiger partial charge in [-0.1, -0.05) is 0 Å². The van der Waals surface area contributed by atoms with Crippen LogP contribution in [0.1, 0.15) is 35.1 Å². The fourth-order valence-corrected chi connectivity index (χ4v) is 3.98. The van der Waals surface area contributed by atoms with E-state index in [9.17, 15) is 17.9 Å². The number of nitrogens with two attached hydrogens (primary N) is 1. The monoisotopic (exact) mass is 449 g/mol. The van der Waals surface area contributed by atoms with Gasteiger partial charge in [0.25, 0.3) is 5.91 Å². The van der Waals surface area contributed by atoms with Gasteiger partial charge in [-0.2, -0.15) is 0 Å². The number of nitrogens with zero attached hydrogens (tertiary/aromatic N) is 3. The third-order valence-corrected chi connectivity index (χ3v) is 5.76. The summed E-state index contributed by atoms with van der Waals surface area (Å²) in [6.07, 6.45) is 3.47. The first-order chi connectivity index (χ1) is 14.7. The Morgan fingerprint density at radius 1 is 1.45 bits per heavy atom. The number of carbonyl (C=O) groups is 1. The van der Waals surface area contributed by atoms with Crippen molar-refractivity contribution in [3.05, 3.63) is 53.4 Å². The van der Waals surface area contributed by atoms with Crippen molar-refractivity contribution in [2.45, 2.75) is 25.8 Å². The van der Waals surface area contributed by atoms with Crippen LogP contribution in [0.2, 0.25) is 0 Å². The molecule has 2 aromatic rings. The van der Waals surface area contributed by atoms with Crippen LogP contribution in [0.15, 0.2) is 35.6 Å². The summed E-state index contributed by atoms with van der Waals surface area (Å²) in [5.41, 5.74) is 5.75. The number of ether oxygens (including phenoxy) is 1. The highest BCUT2D eigenvalue weighted by Gasteiger charge is 2.34. The highest BCUT2D eigenvalue weighted by molar-refractivity contribution is 7.79. The molecule has 0 bridgehead atoms. The molecular weight excluding hydrogens is 425 g/mol. The maximum atomic E-state index is 14.8. The first kappa shape index (κ1) is 22.9. The second-order valence-electron chi connectivity index (χ2n) is 7.53. The Morgan fingerprint density at radius 2 is 2.23 bits per heavy atom. The molecule has 0 saturated carbocycles. The van der Waals surface area contributed by atoms with E-state index in [0.29, 0.717) is 25.3 Å². The minimum Gasteiger partial charge on any atom is -0.387 e. The van der Waals surface area contributed by atoms with E-state index in [1.165, 1.54) is 31.5 Å². The average molecular weight is 450 g/mol. The zero-order chi connectivity index (χ0) is 22.6. The number of halogens is 1. The molecular formula is C20H24FN5O4S. The van der Waals surface area contributed by atoms with Crippen LogP contribution in [0.3, 0.4) is 0 Å². The maximum absolute atomic E-state index is 14.8. The number of aryl methyl sites for hydroxylation is 1. The van der Waals surface area contributed by atoms with Crippen LogP contribution in [-0.2, 0) is 21.4 Å². The summed E-state index contributed by atoms with van der Waals surface area (Å²) in [5, 5.41) is 2.63. The van der Waals surface area contributed by atoms with Gasteiger partial charge >= 0.3 is 0 Å². The second kappa shape index (κ2) is 9.58. The zero-order valence-electron chi connectivity index (χ0n) is 17.2. The summed E-state index contributed by atoms with van der Waals surface area (Å²) >= 11 is -2.28. The normalized spacial score (nSPS) is 19.6. The molecule has 1 aromatic carbocycles. The van der Waals surface area contributed by atoms with Crippen molar-refractivity contribution in [1.82, 2.24) is 9.97 Å². The van der Waals surface area contributed by atoms with Crippen LogP contribution >= 0.6 is 0 Å². The van der Waals surface area contributed by atoms with Crippen molar-refractivity contribution >= 4 is 28.5 Å². The van der Waals surface area contributed by atoms with Crippen molar-refractivity contribution in [2.24, 2.45) is 16.6 Å². The SMILES string of the molecule is Cc1cnc(C(=O)Nc2ccc(F)c([C@](C)(CS(=O)O)N=C(N)[C@@H]3CCOC3)c2)cn1. The maximum Gasteiger partial charge on any atom is 0.275 e. The zero-order valence-corrected chi connectivity index (χ0v) is 18.0. The number of carbonyl (C=O) groups excluding carboxylic acids is 1. The number of amidine groups is 1. The molecule has 2 heterocycles. The lowest BCUT2D eigenvalue weighted by atomic mass is 9.93. The predicted molar refractivity (Wildman–Crippen MR) is 115 cm³/mol. The van der Waals surface area contributed by atoms with E-state index >= 15 is 0 Å². The molecule has 0 aliphatic carbocycles. The molecule has 0 radical (unpaired) electrons. The second-order valence-corrected chi connectivity index (χ2v) is 8.46. The van der Waals surface area contributed by atoms with Gasteiger partial charge in [-0.25, -0.2) is 13.6 Å². The molecule has 1 fully saturated rings. The Labute approximate surface area is 181 Å². The number of aliphatic imine (C=N–C) groups is 1. The highest BCUT2D eigenvalue weighted by Crippen LogP contribution is 2.32. The van der Waals surface area contributed by atoms with Crippen molar-refractivity contribution in [3.8, 4) is 0 Å². The minimum atomic E-state index is -2.28. The van der Waals surface area contributed by atoms with Crippen molar-refractivity contribution in [1.29, 1.82) is 0 Å². The van der Waals surface area contributed by atoms with E-state index in [-0.39, 0.29) is 34.5 Å².